The molecule has 66 heavy (non-hydrogen) atoms. The van der Waals surface area contributed by atoms with Gasteiger partial charge >= 0.3 is 0 Å². The van der Waals surface area contributed by atoms with Crippen molar-refractivity contribution in [1.82, 2.24) is 43.8 Å². The van der Waals surface area contributed by atoms with Crippen LogP contribution in [-0.4, -0.2) is 108 Å². The number of ether oxygens (including phenoxy) is 9. The molecule has 0 spiro atoms. The van der Waals surface area contributed by atoms with Crippen LogP contribution in [0.4, 0.5) is 0 Å². The molecule has 0 saturated heterocycles. The maximum absolute atomic E-state index is 5.67. The van der Waals surface area contributed by atoms with Gasteiger partial charge in [-0.15, -0.1) is 64.6 Å². The Hall–Kier alpha value is -7.62. The zero-order valence-electron chi connectivity index (χ0n) is 36.9. The van der Waals surface area contributed by atoms with Crippen LogP contribution in [0.3, 0.4) is 0 Å². The van der Waals surface area contributed by atoms with Crippen LogP contribution >= 0.6 is 34.0 Å². The van der Waals surface area contributed by atoms with E-state index in [1.165, 1.54) is 34.0 Å². The van der Waals surface area contributed by atoms with E-state index >= 15 is 0 Å². The Morgan fingerprint density at radius 2 is 0.530 bits per heavy atom. The molecule has 21 heteroatoms. The molecule has 0 radical (unpaired) electrons. The maximum atomic E-state index is 5.67. The minimum Gasteiger partial charge on any atom is -0.493 e. The molecule has 3 aromatic carbocycles. The molecule has 0 unspecified atom stereocenters. The Morgan fingerprint density at radius 3 is 0.742 bits per heavy atom. The van der Waals surface area contributed by atoms with E-state index in [1.807, 2.05) is 86.0 Å². The molecular weight excluding hydrogens is 907 g/mol. The summed E-state index contributed by atoms with van der Waals surface area (Å²) in [5.74, 6) is 7.66. The molecule has 0 aliphatic rings. The smallest absolute Gasteiger partial charge is 0.247 e. The van der Waals surface area contributed by atoms with Crippen molar-refractivity contribution in [3.63, 3.8) is 0 Å². The van der Waals surface area contributed by atoms with E-state index in [0.717, 1.165) is 46.0 Å². The number of fused-ring (bicyclic) bond motifs is 6. The summed E-state index contributed by atoms with van der Waals surface area (Å²) in [6.07, 6.45) is 0. The number of aromatic nitrogens is 9. The highest BCUT2D eigenvalue weighted by Crippen LogP contribution is 2.47. The first-order valence-electron chi connectivity index (χ1n) is 19.9. The van der Waals surface area contributed by atoms with E-state index in [0.29, 0.717) is 86.6 Å². The Bertz CT molecular complexity index is 3000. The number of methoxy groups -OCH3 is 9. The zero-order valence-corrected chi connectivity index (χ0v) is 39.3. The predicted octanol–water partition coefficient (Wildman–Crippen LogP) is 9.08. The molecule has 10 aromatic rings. The van der Waals surface area contributed by atoms with Gasteiger partial charge in [-0.2, -0.15) is 0 Å². The first-order chi connectivity index (χ1) is 32.3. The molecule has 7 aromatic heterocycles. The monoisotopic (exact) mass is 945 g/mol. The van der Waals surface area contributed by atoms with E-state index in [1.54, 1.807) is 64.0 Å². The topological polar surface area (TPSA) is 174 Å². The SMILES string of the molecule is COc1cc(-c2ccc(-c3nnc4n3c3nnc(-c5ccc(-c6cc(OC)c(OC)c(OC)c6)s5)n3c3nnc(-c5ccc(-c6cc(OC)c(OC)c(OC)c6)s5)n43)s2)cc(OC)c1OC. The fourth-order valence-corrected chi connectivity index (χ4v) is 10.7. The van der Waals surface area contributed by atoms with Crippen molar-refractivity contribution >= 4 is 51.3 Å². The van der Waals surface area contributed by atoms with Gasteiger partial charge < -0.3 is 42.6 Å². The third-order valence-corrected chi connectivity index (χ3v) is 14.3. The average molecular weight is 946 g/mol. The van der Waals surface area contributed by atoms with Gasteiger partial charge in [-0.3, -0.25) is 0 Å². The van der Waals surface area contributed by atoms with Gasteiger partial charge in [0.25, 0.3) is 0 Å². The molecular formula is C45H39N9O9S3. The summed E-state index contributed by atoms with van der Waals surface area (Å²) < 4.78 is 56.4. The van der Waals surface area contributed by atoms with Gasteiger partial charge in [-0.1, -0.05) is 0 Å². The van der Waals surface area contributed by atoms with Crippen molar-refractivity contribution in [2.45, 2.75) is 0 Å². The molecule has 10 rings (SSSR count). The van der Waals surface area contributed by atoms with Gasteiger partial charge in [-0.25, -0.2) is 13.2 Å². The van der Waals surface area contributed by atoms with Gasteiger partial charge in [0, 0.05) is 14.6 Å². The largest absolute Gasteiger partial charge is 0.493 e. The van der Waals surface area contributed by atoms with Crippen molar-refractivity contribution in [2.24, 2.45) is 0 Å². The Labute approximate surface area is 388 Å². The molecule has 0 amide bonds. The molecule has 7 heterocycles. The van der Waals surface area contributed by atoms with Crippen LogP contribution in [0.1, 0.15) is 0 Å². The second kappa shape index (κ2) is 17.1. The molecule has 0 saturated carbocycles. The van der Waals surface area contributed by atoms with Crippen LogP contribution < -0.4 is 42.6 Å². The molecule has 0 atom stereocenters. The van der Waals surface area contributed by atoms with Gasteiger partial charge in [0.05, 0.1) is 78.6 Å². The third-order valence-electron chi connectivity index (χ3n) is 10.9. The summed E-state index contributed by atoms with van der Waals surface area (Å²) in [5, 5.41) is 28.7. The first kappa shape index (κ1) is 42.3. The Balaban J connectivity index is 1.16. The lowest BCUT2D eigenvalue weighted by atomic mass is 10.1. The maximum Gasteiger partial charge on any atom is 0.247 e. The van der Waals surface area contributed by atoms with Crippen LogP contribution in [0.25, 0.3) is 80.8 Å². The lowest BCUT2D eigenvalue weighted by molar-refractivity contribution is 0.324. The molecule has 0 bridgehead atoms. The van der Waals surface area contributed by atoms with E-state index in [9.17, 15) is 0 Å². The van der Waals surface area contributed by atoms with Crippen molar-refractivity contribution < 1.29 is 42.6 Å². The normalized spacial score (nSPS) is 11.4. The summed E-state index contributed by atoms with van der Waals surface area (Å²) >= 11 is 4.56. The number of hydrogen-bond donors (Lipinski definition) is 0. The highest BCUT2D eigenvalue weighted by atomic mass is 32.1. The third kappa shape index (κ3) is 6.72. The molecule has 0 aliphatic carbocycles. The lowest BCUT2D eigenvalue weighted by Crippen LogP contribution is -2.06. The fourth-order valence-electron chi connectivity index (χ4n) is 7.80. The van der Waals surface area contributed by atoms with Crippen LogP contribution in [0, 0.1) is 0 Å². The fraction of sp³-hybridized carbons (Fsp3) is 0.200. The minimum atomic E-state index is 0.432. The van der Waals surface area contributed by atoms with Crippen LogP contribution in [-0.2, 0) is 0 Å². The van der Waals surface area contributed by atoms with E-state index in [4.69, 9.17) is 73.2 Å². The van der Waals surface area contributed by atoms with Gasteiger partial charge in [0.1, 0.15) is 0 Å². The summed E-state index contributed by atoms with van der Waals surface area (Å²) in [5.41, 5.74) is 2.61. The van der Waals surface area contributed by atoms with Crippen LogP contribution in [0.2, 0.25) is 0 Å². The summed E-state index contributed by atoms with van der Waals surface area (Å²) in [7, 11) is 14.3. The molecule has 0 fully saturated rings. The van der Waals surface area contributed by atoms with E-state index < -0.39 is 0 Å². The molecule has 0 aliphatic heterocycles. The predicted molar refractivity (Wildman–Crippen MR) is 251 cm³/mol. The quantitative estimate of drug-likeness (QED) is 0.0951. The number of rotatable bonds is 15. The van der Waals surface area contributed by atoms with Gasteiger partial charge in [0.15, 0.2) is 52.0 Å². The van der Waals surface area contributed by atoms with Crippen LogP contribution in [0.15, 0.2) is 72.8 Å². The standard InChI is InChI=1S/C45H39N9O9S3/c1-55-25-16-22(17-26(56-2)37(25)61-7)31-10-13-34(64-31)40-46-49-43-52(40)44-50-47-41(35-14-11-32(65-35)23-18-27(57-3)38(62-8)28(19-23)58-4)54(44)45-51-48-42(53(43)45)36-15-12-33(66-36)24-20-29(59-5)39(63-9)30(21-24)60-6/h10-21H,1-9H3. The van der Waals surface area contributed by atoms with Crippen molar-refractivity contribution in [2.75, 3.05) is 64.0 Å². The Morgan fingerprint density at radius 1 is 0.303 bits per heavy atom. The molecule has 0 N–H and O–H groups in total. The van der Waals surface area contributed by atoms with Crippen molar-refractivity contribution in [3.8, 4) is 115 Å². The number of thiophene rings is 3. The lowest BCUT2D eigenvalue weighted by Gasteiger charge is -2.13. The average Bonchev–Trinajstić information content (AvgIpc) is 4.22. The second-order valence-corrected chi connectivity index (χ2v) is 17.5. The van der Waals surface area contributed by atoms with Crippen LogP contribution in [0.5, 0.6) is 51.7 Å². The minimum absolute atomic E-state index is 0.432. The summed E-state index contributed by atoms with van der Waals surface area (Å²) in [4.78, 5) is 5.23. The van der Waals surface area contributed by atoms with E-state index in [-0.39, 0.29) is 0 Å². The Kier molecular flexibility index (Phi) is 10.9. The summed E-state index contributed by atoms with van der Waals surface area (Å²) in [6.45, 7) is 0. The van der Waals surface area contributed by atoms with E-state index in [2.05, 4.69) is 0 Å². The number of hydrogen-bond acceptors (Lipinski definition) is 18. The van der Waals surface area contributed by atoms with Crippen molar-refractivity contribution in [1.29, 1.82) is 0 Å². The highest BCUT2D eigenvalue weighted by molar-refractivity contribution is 7.19. The number of nitrogens with zero attached hydrogens (tertiary/aromatic N) is 9. The first-order valence-corrected chi connectivity index (χ1v) is 22.3. The second-order valence-electron chi connectivity index (χ2n) is 14.2. The molecule has 336 valence electrons. The molecule has 18 nitrogen and oxygen atoms in total. The number of benzene rings is 3. The summed E-state index contributed by atoms with van der Waals surface area (Å²) in [6, 6.07) is 23.5. The van der Waals surface area contributed by atoms with Gasteiger partial charge in [0.2, 0.25) is 34.6 Å². The van der Waals surface area contributed by atoms with Gasteiger partial charge in [-0.05, 0) is 89.5 Å². The van der Waals surface area contributed by atoms with Crippen molar-refractivity contribution in [3.05, 3.63) is 72.8 Å². The highest BCUT2D eigenvalue weighted by Gasteiger charge is 2.28. The zero-order chi connectivity index (χ0) is 45.8.